The van der Waals surface area contributed by atoms with E-state index in [1.807, 2.05) is 32.6 Å². The van der Waals surface area contributed by atoms with E-state index in [1.54, 1.807) is 18.5 Å². The SMILES string of the molecule is CCC(O)N1C[C@@H](Oc2ncc(C(C)(C)N=[N+]=[N-])c3cc(Cl)ncc23)[C@@H]1C. The number of ether oxygens (including phenoxy) is 1. The number of nitrogens with zero attached hydrogens (tertiary/aromatic N) is 6. The van der Waals surface area contributed by atoms with Gasteiger partial charge in [0.25, 0.3) is 0 Å². The normalized spacial score (nSPS) is 21.4. The molecule has 0 spiro atoms. The minimum atomic E-state index is -0.797. The highest BCUT2D eigenvalue weighted by Crippen LogP contribution is 2.36. The predicted molar refractivity (Wildman–Crippen MR) is 104 cm³/mol. The molecule has 27 heavy (non-hydrogen) atoms. The van der Waals surface area contributed by atoms with Crippen molar-refractivity contribution in [2.75, 3.05) is 6.54 Å². The third-order valence-corrected chi connectivity index (χ3v) is 5.33. The van der Waals surface area contributed by atoms with E-state index in [1.165, 1.54) is 0 Å². The molecule has 2 aromatic rings. The van der Waals surface area contributed by atoms with Gasteiger partial charge in [-0.3, -0.25) is 4.90 Å². The molecule has 3 atom stereocenters. The van der Waals surface area contributed by atoms with Crippen molar-refractivity contribution in [2.24, 2.45) is 5.11 Å². The van der Waals surface area contributed by atoms with Crippen molar-refractivity contribution < 1.29 is 9.84 Å². The number of hydrogen-bond donors (Lipinski definition) is 1. The van der Waals surface area contributed by atoms with E-state index in [4.69, 9.17) is 21.9 Å². The molecule has 1 aliphatic rings. The number of rotatable bonds is 6. The summed E-state index contributed by atoms with van der Waals surface area (Å²) in [4.78, 5) is 13.5. The van der Waals surface area contributed by atoms with Crippen LogP contribution >= 0.6 is 11.6 Å². The van der Waals surface area contributed by atoms with Gasteiger partial charge in [-0.05, 0) is 35.9 Å². The molecule has 2 aromatic heterocycles. The standard InChI is InChI=1S/C18H23ClN6O2/c1-5-16(26)25-9-14(10(25)2)27-17-12-7-21-15(19)6-11(12)13(8-22-17)18(3,4)23-24-20/h6-8,10,14,16,26H,5,9H2,1-4H3/t10-,14+,16?/m0/s1. The molecule has 1 aliphatic heterocycles. The van der Waals surface area contributed by atoms with Gasteiger partial charge in [-0.2, -0.15) is 0 Å². The maximum Gasteiger partial charge on any atom is 0.223 e. The van der Waals surface area contributed by atoms with Crippen LogP contribution in [0.25, 0.3) is 21.2 Å². The van der Waals surface area contributed by atoms with Crippen LogP contribution in [-0.2, 0) is 5.54 Å². The number of fused-ring (bicyclic) bond motifs is 1. The Kier molecular flexibility index (Phi) is 5.44. The highest BCUT2D eigenvalue weighted by Gasteiger charge is 2.40. The molecule has 1 saturated heterocycles. The van der Waals surface area contributed by atoms with E-state index >= 15 is 0 Å². The van der Waals surface area contributed by atoms with Crippen molar-refractivity contribution in [1.29, 1.82) is 0 Å². The molecule has 3 rings (SSSR count). The van der Waals surface area contributed by atoms with E-state index in [0.717, 1.165) is 10.9 Å². The lowest BCUT2D eigenvalue weighted by Crippen LogP contribution is -2.64. The second-order valence-electron chi connectivity index (χ2n) is 7.26. The molecule has 1 N–H and O–H groups in total. The van der Waals surface area contributed by atoms with Crippen molar-refractivity contribution in [3.05, 3.63) is 39.6 Å². The Morgan fingerprint density at radius 1 is 1.44 bits per heavy atom. The Morgan fingerprint density at radius 2 is 2.19 bits per heavy atom. The molecular weight excluding hydrogens is 368 g/mol. The number of aliphatic hydroxyl groups excluding tert-OH is 1. The summed E-state index contributed by atoms with van der Waals surface area (Å²) in [6.45, 7) is 8.22. The zero-order valence-corrected chi connectivity index (χ0v) is 16.6. The first-order valence-corrected chi connectivity index (χ1v) is 9.27. The van der Waals surface area contributed by atoms with Gasteiger partial charge in [0.1, 0.15) is 17.5 Å². The largest absolute Gasteiger partial charge is 0.471 e. The van der Waals surface area contributed by atoms with Crippen LogP contribution < -0.4 is 4.74 Å². The van der Waals surface area contributed by atoms with Gasteiger partial charge in [0.2, 0.25) is 5.88 Å². The molecule has 9 heteroatoms. The number of hydrogen-bond acceptors (Lipinski definition) is 6. The zero-order valence-electron chi connectivity index (χ0n) is 15.8. The maximum absolute atomic E-state index is 10.0. The molecule has 8 nitrogen and oxygen atoms in total. The van der Waals surface area contributed by atoms with Crippen molar-refractivity contribution in [1.82, 2.24) is 14.9 Å². The van der Waals surface area contributed by atoms with Gasteiger partial charge in [-0.25, -0.2) is 9.97 Å². The molecule has 144 valence electrons. The molecule has 0 radical (unpaired) electrons. The predicted octanol–water partition coefficient (Wildman–Crippen LogP) is 4.01. The first-order valence-electron chi connectivity index (χ1n) is 8.90. The fraction of sp³-hybridized carbons (Fsp3) is 0.556. The first kappa shape index (κ1) is 19.6. The van der Waals surface area contributed by atoms with Gasteiger partial charge in [-0.15, -0.1) is 0 Å². The quantitative estimate of drug-likeness (QED) is 0.347. The lowest BCUT2D eigenvalue weighted by molar-refractivity contribution is -0.130. The van der Waals surface area contributed by atoms with Crippen molar-refractivity contribution in [2.45, 2.75) is 58.0 Å². The Hall–Kier alpha value is -2.12. The molecular formula is C18H23ClN6O2. The van der Waals surface area contributed by atoms with Crippen LogP contribution in [0.2, 0.25) is 5.15 Å². The van der Waals surface area contributed by atoms with E-state index in [9.17, 15) is 5.11 Å². The highest BCUT2D eigenvalue weighted by molar-refractivity contribution is 6.30. The summed E-state index contributed by atoms with van der Waals surface area (Å²) < 4.78 is 6.12. The molecule has 3 heterocycles. The molecule has 1 unspecified atom stereocenters. The minimum Gasteiger partial charge on any atom is -0.471 e. The van der Waals surface area contributed by atoms with Crippen molar-refractivity contribution >= 4 is 22.4 Å². The fourth-order valence-corrected chi connectivity index (χ4v) is 3.50. The number of likely N-dealkylation sites (tertiary alicyclic amines) is 1. The van der Waals surface area contributed by atoms with Crippen molar-refractivity contribution in [3.8, 4) is 5.88 Å². The maximum atomic E-state index is 10.0. The highest BCUT2D eigenvalue weighted by atomic mass is 35.5. The number of halogens is 1. The average molecular weight is 391 g/mol. The topological polar surface area (TPSA) is 107 Å². The van der Waals surface area contributed by atoms with E-state index < -0.39 is 11.8 Å². The van der Waals surface area contributed by atoms with Crippen LogP contribution in [0.3, 0.4) is 0 Å². The Balaban J connectivity index is 1.96. The Bertz CT molecular complexity index is 899. The molecule has 0 aliphatic carbocycles. The van der Waals surface area contributed by atoms with E-state index in [2.05, 4.69) is 20.0 Å². The average Bonchev–Trinajstić information content (AvgIpc) is 2.63. The lowest BCUT2D eigenvalue weighted by atomic mass is 9.93. The summed E-state index contributed by atoms with van der Waals surface area (Å²) in [6, 6.07) is 1.81. The summed E-state index contributed by atoms with van der Waals surface area (Å²) in [6.07, 6.45) is 3.41. The van der Waals surface area contributed by atoms with Crippen LogP contribution in [0.5, 0.6) is 5.88 Å². The van der Waals surface area contributed by atoms with E-state index in [0.29, 0.717) is 29.4 Å². The van der Waals surface area contributed by atoms with Gasteiger partial charge in [0.05, 0.1) is 10.9 Å². The smallest absolute Gasteiger partial charge is 0.223 e. The number of pyridine rings is 2. The number of aliphatic hydroxyl groups is 1. The zero-order chi connectivity index (χ0) is 19.8. The Labute approximate surface area is 162 Å². The van der Waals surface area contributed by atoms with E-state index in [-0.39, 0.29) is 12.1 Å². The third-order valence-electron chi connectivity index (χ3n) is 5.12. The van der Waals surface area contributed by atoms with Crippen molar-refractivity contribution in [3.63, 3.8) is 0 Å². The van der Waals surface area contributed by atoms with Crippen LogP contribution in [-0.4, -0.2) is 44.9 Å². The summed E-state index contributed by atoms with van der Waals surface area (Å²) in [5.74, 6) is 0.456. The summed E-state index contributed by atoms with van der Waals surface area (Å²) in [5, 5.41) is 15.7. The fourth-order valence-electron chi connectivity index (χ4n) is 3.34. The molecule has 0 aromatic carbocycles. The van der Waals surface area contributed by atoms with Crippen LogP contribution in [0, 0.1) is 0 Å². The third kappa shape index (κ3) is 3.66. The van der Waals surface area contributed by atoms with Gasteiger partial charge < -0.3 is 9.84 Å². The minimum absolute atomic E-state index is 0.0754. The molecule has 0 amide bonds. The van der Waals surface area contributed by atoms with Gasteiger partial charge in [0, 0.05) is 29.9 Å². The van der Waals surface area contributed by atoms with Crippen LogP contribution in [0.4, 0.5) is 0 Å². The first-order chi connectivity index (χ1) is 12.8. The second kappa shape index (κ2) is 7.48. The second-order valence-corrected chi connectivity index (χ2v) is 7.65. The Morgan fingerprint density at radius 3 is 2.81 bits per heavy atom. The van der Waals surface area contributed by atoms with Gasteiger partial charge in [0.15, 0.2) is 0 Å². The number of aromatic nitrogens is 2. The number of azide groups is 1. The summed E-state index contributed by atoms with van der Waals surface area (Å²) in [7, 11) is 0. The van der Waals surface area contributed by atoms with Crippen LogP contribution in [0.1, 0.15) is 39.7 Å². The molecule has 0 bridgehead atoms. The monoisotopic (exact) mass is 390 g/mol. The van der Waals surface area contributed by atoms with Gasteiger partial charge >= 0.3 is 0 Å². The summed E-state index contributed by atoms with van der Waals surface area (Å²) in [5.41, 5.74) is 8.82. The lowest BCUT2D eigenvalue weighted by Gasteiger charge is -2.47. The van der Waals surface area contributed by atoms with Gasteiger partial charge in [-0.1, -0.05) is 37.5 Å². The molecule has 1 fully saturated rings. The summed E-state index contributed by atoms with van der Waals surface area (Å²) >= 11 is 6.10. The molecule has 0 saturated carbocycles. The van der Waals surface area contributed by atoms with Crippen LogP contribution in [0.15, 0.2) is 23.6 Å².